The first kappa shape index (κ1) is 25.8. The zero-order valence-corrected chi connectivity index (χ0v) is 22.6. The molecule has 1 aliphatic heterocycles. The maximum absolute atomic E-state index is 12.4. The van der Waals surface area contributed by atoms with Crippen molar-refractivity contribution < 1.29 is 19.7 Å². The Balaban J connectivity index is 1.23. The van der Waals surface area contributed by atoms with Gasteiger partial charge in [0.25, 0.3) is 0 Å². The number of piperidine rings is 1. The summed E-state index contributed by atoms with van der Waals surface area (Å²) in [5.74, 6) is 3.08. The molecule has 0 aromatic heterocycles. The molecule has 4 saturated carbocycles. The van der Waals surface area contributed by atoms with Gasteiger partial charge in [-0.15, -0.1) is 0 Å². The Labute approximate surface area is 213 Å². The third-order valence-corrected chi connectivity index (χ3v) is 12.1. The standard InChI is InChI=1S/C30H51NO4/c1-4-22-25-19-21(32)12-14-30(25,3)24-13-15-29(2)20(10-11-23(29)26(24)27(22)33)9-8-18-35-28(34)31-16-6-5-7-17-31/h20-27,32-33H,4-19H2,1-3H3/t20-,21+,22+,23-,24-,25-,26-,27+,29+,30+/m0/s1. The molecular formula is C30H51NO4. The molecule has 0 radical (unpaired) electrons. The van der Waals surface area contributed by atoms with E-state index in [2.05, 4.69) is 20.8 Å². The van der Waals surface area contributed by atoms with Crippen molar-refractivity contribution >= 4 is 6.09 Å². The van der Waals surface area contributed by atoms with E-state index in [0.717, 1.165) is 64.5 Å². The van der Waals surface area contributed by atoms with Gasteiger partial charge in [-0.3, -0.25) is 0 Å². The molecule has 5 rings (SSSR count). The molecule has 2 N–H and O–H groups in total. The third kappa shape index (κ3) is 4.45. The molecule has 1 heterocycles. The number of ether oxygens (including phenoxy) is 1. The minimum absolute atomic E-state index is 0.114. The number of carbonyl (C=O) groups is 1. The summed E-state index contributed by atoms with van der Waals surface area (Å²) in [6.45, 7) is 9.54. The molecule has 200 valence electrons. The highest BCUT2D eigenvalue weighted by molar-refractivity contribution is 5.67. The van der Waals surface area contributed by atoms with E-state index < -0.39 is 0 Å². The molecule has 35 heavy (non-hydrogen) atoms. The monoisotopic (exact) mass is 489 g/mol. The molecule has 0 aromatic rings. The third-order valence-electron chi connectivity index (χ3n) is 12.1. The first-order valence-corrected chi connectivity index (χ1v) is 15.1. The van der Waals surface area contributed by atoms with Gasteiger partial charge in [0, 0.05) is 13.1 Å². The summed E-state index contributed by atoms with van der Waals surface area (Å²) in [5.41, 5.74) is 0.570. The quantitative estimate of drug-likeness (QED) is 0.464. The largest absolute Gasteiger partial charge is 0.449 e. The van der Waals surface area contributed by atoms with Crippen molar-refractivity contribution in [2.24, 2.45) is 46.3 Å². The molecule has 10 atom stereocenters. The number of likely N-dealkylation sites (tertiary alicyclic amines) is 1. The van der Waals surface area contributed by atoms with Gasteiger partial charge in [-0.1, -0.05) is 27.2 Å². The molecule has 1 saturated heterocycles. The Morgan fingerprint density at radius 2 is 1.66 bits per heavy atom. The maximum atomic E-state index is 12.4. The highest BCUT2D eigenvalue weighted by atomic mass is 16.6. The molecule has 5 aliphatic rings. The van der Waals surface area contributed by atoms with Crippen LogP contribution in [0.15, 0.2) is 0 Å². The van der Waals surface area contributed by atoms with Crippen molar-refractivity contribution in [3.8, 4) is 0 Å². The van der Waals surface area contributed by atoms with Gasteiger partial charge in [0.15, 0.2) is 0 Å². The fourth-order valence-electron chi connectivity index (χ4n) is 10.2. The van der Waals surface area contributed by atoms with Crippen molar-refractivity contribution in [2.45, 2.75) is 116 Å². The number of nitrogens with zero attached hydrogens (tertiary/aromatic N) is 1. The molecule has 0 unspecified atom stereocenters. The number of amides is 1. The van der Waals surface area contributed by atoms with Crippen LogP contribution in [0.25, 0.3) is 0 Å². The number of hydrogen-bond acceptors (Lipinski definition) is 4. The molecule has 1 amide bonds. The van der Waals surface area contributed by atoms with E-state index in [0.29, 0.717) is 47.5 Å². The lowest BCUT2D eigenvalue weighted by Gasteiger charge is -2.64. The van der Waals surface area contributed by atoms with Crippen LogP contribution in [0.4, 0.5) is 4.79 Å². The lowest BCUT2D eigenvalue weighted by atomic mass is 9.41. The van der Waals surface area contributed by atoms with Crippen LogP contribution in [0.2, 0.25) is 0 Å². The summed E-state index contributed by atoms with van der Waals surface area (Å²) < 4.78 is 5.65. The van der Waals surface area contributed by atoms with Crippen LogP contribution in [-0.4, -0.2) is 53.1 Å². The Bertz CT molecular complexity index is 753. The van der Waals surface area contributed by atoms with E-state index in [1.807, 2.05) is 4.90 Å². The van der Waals surface area contributed by atoms with Crippen molar-refractivity contribution in [1.29, 1.82) is 0 Å². The van der Waals surface area contributed by atoms with Gasteiger partial charge in [-0.05, 0) is 123 Å². The van der Waals surface area contributed by atoms with Gasteiger partial charge in [0.2, 0.25) is 0 Å². The van der Waals surface area contributed by atoms with Crippen molar-refractivity contribution in [1.82, 2.24) is 4.90 Å². The first-order chi connectivity index (χ1) is 16.8. The molecule has 5 fully saturated rings. The zero-order valence-electron chi connectivity index (χ0n) is 22.6. The summed E-state index contributed by atoms with van der Waals surface area (Å²) in [6.07, 6.45) is 14.0. The smallest absolute Gasteiger partial charge is 0.409 e. The summed E-state index contributed by atoms with van der Waals surface area (Å²) in [6, 6.07) is 0. The molecule has 0 aromatic carbocycles. The van der Waals surface area contributed by atoms with E-state index in [1.54, 1.807) is 0 Å². The number of rotatable bonds is 5. The van der Waals surface area contributed by atoms with Gasteiger partial charge >= 0.3 is 6.09 Å². The topological polar surface area (TPSA) is 70.0 Å². The van der Waals surface area contributed by atoms with Gasteiger partial charge < -0.3 is 19.8 Å². The minimum atomic E-state index is -0.220. The van der Waals surface area contributed by atoms with Crippen LogP contribution >= 0.6 is 0 Å². The second-order valence-electron chi connectivity index (χ2n) is 13.5. The summed E-state index contributed by atoms with van der Waals surface area (Å²) in [5, 5.41) is 22.3. The average Bonchev–Trinajstić information content (AvgIpc) is 3.19. The highest BCUT2D eigenvalue weighted by Gasteiger charge is 2.64. The lowest BCUT2D eigenvalue weighted by Crippen LogP contribution is -2.62. The van der Waals surface area contributed by atoms with E-state index in [4.69, 9.17) is 4.74 Å². The second kappa shape index (κ2) is 10.2. The molecular weight excluding hydrogens is 438 g/mol. The predicted octanol–water partition coefficient (Wildman–Crippen LogP) is 6.02. The number of fused-ring (bicyclic) bond motifs is 5. The van der Waals surface area contributed by atoms with E-state index in [1.165, 1.54) is 32.1 Å². The van der Waals surface area contributed by atoms with Gasteiger partial charge in [-0.25, -0.2) is 4.79 Å². The fourth-order valence-corrected chi connectivity index (χ4v) is 10.2. The van der Waals surface area contributed by atoms with E-state index in [9.17, 15) is 15.0 Å². The number of hydrogen-bond donors (Lipinski definition) is 2. The maximum Gasteiger partial charge on any atom is 0.409 e. The lowest BCUT2D eigenvalue weighted by molar-refractivity contribution is -0.202. The number of aliphatic hydroxyl groups is 2. The Hall–Kier alpha value is -0.810. The first-order valence-electron chi connectivity index (χ1n) is 15.1. The van der Waals surface area contributed by atoms with Crippen LogP contribution in [-0.2, 0) is 4.74 Å². The Morgan fingerprint density at radius 1 is 0.943 bits per heavy atom. The van der Waals surface area contributed by atoms with Crippen LogP contribution in [0.1, 0.15) is 104 Å². The second-order valence-corrected chi connectivity index (χ2v) is 13.5. The van der Waals surface area contributed by atoms with Gasteiger partial charge in [-0.2, -0.15) is 0 Å². The summed E-state index contributed by atoms with van der Waals surface area (Å²) >= 11 is 0. The summed E-state index contributed by atoms with van der Waals surface area (Å²) in [4.78, 5) is 14.2. The van der Waals surface area contributed by atoms with Crippen LogP contribution in [0.3, 0.4) is 0 Å². The van der Waals surface area contributed by atoms with Crippen LogP contribution in [0.5, 0.6) is 0 Å². The molecule has 4 aliphatic carbocycles. The minimum Gasteiger partial charge on any atom is -0.449 e. The summed E-state index contributed by atoms with van der Waals surface area (Å²) in [7, 11) is 0. The van der Waals surface area contributed by atoms with Crippen molar-refractivity contribution in [2.75, 3.05) is 19.7 Å². The van der Waals surface area contributed by atoms with E-state index >= 15 is 0 Å². The zero-order chi connectivity index (χ0) is 24.8. The fraction of sp³-hybridized carbons (Fsp3) is 0.967. The average molecular weight is 490 g/mol. The normalized spacial score (nSPS) is 47.5. The highest BCUT2D eigenvalue weighted by Crippen LogP contribution is 2.69. The molecule has 5 nitrogen and oxygen atoms in total. The Morgan fingerprint density at radius 3 is 2.40 bits per heavy atom. The van der Waals surface area contributed by atoms with Crippen molar-refractivity contribution in [3.05, 3.63) is 0 Å². The molecule has 0 spiro atoms. The SMILES string of the molecule is CC[C@H]1[C@@H](O)[C@@H]2[C@H](CC[C@]3(C)[C@@H](CCCOC(=O)N4CCCCC4)CC[C@@H]23)[C@@]2(C)CC[C@@H](O)C[C@@H]12. The van der Waals surface area contributed by atoms with E-state index in [-0.39, 0.29) is 23.7 Å². The molecule has 0 bridgehead atoms. The molecule has 5 heteroatoms. The predicted molar refractivity (Wildman–Crippen MR) is 138 cm³/mol. The van der Waals surface area contributed by atoms with Crippen LogP contribution in [0, 0.1) is 46.3 Å². The van der Waals surface area contributed by atoms with Crippen molar-refractivity contribution in [3.63, 3.8) is 0 Å². The number of aliphatic hydroxyl groups excluding tert-OH is 2. The van der Waals surface area contributed by atoms with Gasteiger partial charge in [0.05, 0.1) is 18.8 Å². The van der Waals surface area contributed by atoms with Crippen LogP contribution < -0.4 is 0 Å². The van der Waals surface area contributed by atoms with Gasteiger partial charge in [0.1, 0.15) is 0 Å². The Kier molecular flexibility index (Phi) is 7.49. The number of carbonyl (C=O) groups excluding carboxylic acids is 1.